The van der Waals surface area contributed by atoms with Crippen LogP contribution in [0.15, 0.2) is 0 Å². The van der Waals surface area contributed by atoms with Crippen LogP contribution in [0.2, 0.25) is 0 Å². The van der Waals surface area contributed by atoms with Crippen molar-refractivity contribution in [1.82, 2.24) is 6.15 Å². The molecule has 3 nitrogen and oxygen atoms in total. The highest BCUT2D eigenvalue weighted by Crippen LogP contribution is 2.08. The maximum Gasteiger partial charge on any atom is 0.243 e. The summed E-state index contributed by atoms with van der Waals surface area (Å²) in [7, 11) is 0. The third-order valence-electron chi connectivity index (χ3n) is 0.450. The van der Waals surface area contributed by atoms with Crippen molar-refractivity contribution in [1.29, 1.82) is 0 Å². The lowest BCUT2D eigenvalue weighted by Gasteiger charge is -2.06. The molecule has 7 heavy (non-hydrogen) atoms. The molecule has 0 aliphatic rings. The number of aliphatic hydroxyl groups is 2. The Morgan fingerprint density at radius 2 is 1.71 bits per heavy atom. The highest BCUT2D eigenvalue weighted by atomic mass is 35.5. The molecule has 0 fully saturated rings. The summed E-state index contributed by atoms with van der Waals surface area (Å²) in [5.41, 5.74) is 0. The van der Waals surface area contributed by atoms with Crippen molar-refractivity contribution < 1.29 is 10.2 Å². The fourth-order valence-electron chi connectivity index (χ4n) is 0. The van der Waals surface area contributed by atoms with E-state index in [0.717, 1.165) is 0 Å². The summed E-state index contributed by atoms with van der Waals surface area (Å²) in [6, 6.07) is 0. The number of halogens is 1. The Hall–Kier alpha value is 0.170. The van der Waals surface area contributed by atoms with E-state index in [9.17, 15) is 0 Å². The SMILES string of the molecule is CCC(O)(O)Cl.N. The van der Waals surface area contributed by atoms with E-state index < -0.39 is 5.25 Å². The Labute approximate surface area is 47.5 Å². The number of rotatable bonds is 1. The van der Waals surface area contributed by atoms with Crippen molar-refractivity contribution in [3.63, 3.8) is 0 Å². The van der Waals surface area contributed by atoms with Gasteiger partial charge in [0.15, 0.2) is 0 Å². The maximum atomic E-state index is 8.15. The first kappa shape index (κ1) is 10.2. The molecule has 5 N–H and O–H groups in total. The first-order valence-electron chi connectivity index (χ1n) is 1.70. The summed E-state index contributed by atoms with van der Waals surface area (Å²) in [4.78, 5) is 0. The van der Waals surface area contributed by atoms with E-state index in [0.29, 0.717) is 0 Å². The second kappa shape index (κ2) is 3.21. The zero-order valence-corrected chi connectivity index (χ0v) is 4.94. The molecule has 0 saturated carbocycles. The summed E-state index contributed by atoms with van der Waals surface area (Å²) in [6.45, 7) is 1.58. The Kier molecular flexibility index (Phi) is 4.68. The fourth-order valence-corrected chi connectivity index (χ4v) is 0. The van der Waals surface area contributed by atoms with Crippen LogP contribution in [0, 0.1) is 0 Å². The molecule has 0 heterocycles. The van der Waals surface area contributed by atoms with Gasteiger partial charge >= 0.3 is 0 Å². The van der Waals surface area contributed by atoms with E-state index in [-0.39, 0.29) is 12.6 Å². The third kappa shape index (κ3) is 10.7. The standard InChI is InChI=1S/C3H7ClO2.H3N/c1-2-3(4,5)6;/h5-6H,2H2,1H3;1H3. The molecule has 0 atom stereocenters. The molecular weight excluding hydrogens is 117 g/mol. The molecule has 0 aliphatic heterocycles. The van der Waals surface area contributed by atoms with E-state index in [1.807, 2.05) is 0 Å². The number of hydrogen-bond acceptors (Lipinski definition) is 3. The topological polar surface area (TPSA) is 75.5 Å². The molecule has 0 rings (SSSR count). The molecule has 0 unspecified atom stereocenters. The van der Waals surface area contributed by atoms with E-state index in [1.165, 1.54) is 0 Å². The summed E-state index contributed by atoms with van der Waals surface area (Å²) < 4.78 is 0. The summed E-state index contributed by atoms with van der Waals surface area (Å²) >= 11 is 4.83. The average Bonchev–Trinajstić information content (AvgIpc) is 1.35. The Balaban J connectivity index is 0. The Bertz CT molecular complexity index is 42.7. The van der Waals surface area contributed by atoms with Gasteiger partial charge < -0.3 is 16.4 Å². The van der Waals surface area contributed by atoms with Crippen molar-refractivity contribution in [3.8, 4) is 0 Å². The van der Waals surface area contributed by atoms with Crippen molar-refractivity contribution in [2.45, 2.75) is 18.6 Å². The second-order valence-electron chi connectivity index (χ2n) is 1.07. The quantitative estimate of drug-likeness (QED) is 0.353. The monoisotopic (exact) mass is 127 g/mol. The molecular formula is C3H10ClNO2. The minimum atomic E-state index is -1.99. The molecule has 0 amide bonds. The first-order chi connectivity index (χ1) is 2.56. The minimum absolute atomic E-state index is 0. The van der Waals surface area contributed by atoms with Gasteiger partial charge in [0, 0.05) is 6.42 Å². The van der Waals surface area contributed by atoms with Gasteiger partial charge in [0.1, 0.15) is 0 Å². The molecule has 0 aromatic heterocycles. The molecule has 0 aromatic rings. The van der Waals surface area contributed by atoms with Crippen molar-refractivity contribution in [2.24, 2.45) is 0 Å². The smallest absolute Gasteiger partial charge is 0.243 e. The molecule has 0 aromatic carbocycles. The summed E-state index contributed by atoms with van der Waals surface area (Å²) in [6.07, 6.45) is 0.147. The molecule has 0 spiro atoms. The van der Waals surface area contributed by atoms with E-state index in [2.05, 4.69) is 0 Å². The number of alkyl halides is 1. The van der Waals surface area contributed by atoms with Crippen LogP contribution in [0.25, 0.3) is 0 Å². The molecule has 0 radical (unpaired) electrons. The minimum Gasteiger partial charge on any atom is -0.353 e. The van der Waals surface area contributed by atoms with Crippen LogP contribution < -0.4 is 6.15 Å². The maximum absolute atomic E-state index is 8.15. The summed E-state index contributed by atoms with van der Waals surface area (Å²) in [5, 5.41) is 14.3. The van der Waals surface area contributed by atoms with Crippen LogP contribution in [0.1, 0.15) is 13.3 Å². The first-order valence-corrected chi connectivity index (χ1v) is 2.07. The van der Waals surface area contributed by atoms with Gasteiger partial charge in [-0.25, -0.2) is 0 Å². The number of hydrogen-bond donors (Lipinski definition) is 3. The van der Waals surface area contributed by atoms with E-state index in [4.69, 9.17) is 21.8 Å². The van der Waals surface area contributed by atoms with Crippen LogP contribution in [0.4, 0.5) is 0 Å². The second-order valence-corrected chi connectivity index (χ2v) is 1.68. The van der Waals surface area contributed by atoms with Gasteiger partial charge in [-0.3, -0.25) is 0 Å². The van der Waals surface area contributed by atoms with Crippen molar-refractivity contribution >= 4 is 11.6 Å². The van der Waals surface area contributed by atoms with Gasteiger partial charge in [0.05, 0.1) is 0 Å². The van der Waals surface area contributed by atoms with E-state index in [1.54, 1.807) is 6.92 Å². The van der Waals surface area contributed by atoms with E-state index >= 15 is 0 Å². The molecule has 46 valence electrons. The van der Waals surface area contributed by atoms with Crippen molar-refractivity contribution in [2.75, 3.05) is 0 Å². The van der Waals surface area contributed by atoms with Crippen LogP contribution >= 0.6 is 11.6 Å². The Morgan fingerprint density at radius 3 is 1.71 bits per heavy atom. The molecule has 0 saturated heterocycles. The van der Waals surface area contributed by atoms with Crippen LogP contribution in [0.3, 0.4) is 0 Å². The predicted molar refractivity (Wildman–Crippen MR) is 28.3 cm³/mol. The molecule has 0 aliphatic carbocycles. The lowest BCUT2D eigenvalue weighted by atomic mass is 10.5. The Morgan fingerprint density at radius 1 is 1.57 bits per heavy atom. The van der Waals surface area contributed by atoms with Crippen molar-refractivity contribution in [3.05, 3.63) is 0 Å². The van der Waals surface area contributed by atoms with Gasteiger partial charge in [-0.1, -0.05) is 18.5 Å². The van der Waals surface area contributed by atoms with Crippen LogP contribution in [0.5, 0.6) is 0 Å². The molecule has 0 bridgehead atoms. The third-order valence-corrected chi connectivity index (χ3v) is 0.717. The van der Waals surface area contributed by atoms with Gasteiger partial charge in [0.25, 0.3) is 0 Å². The van der Waals surface area contributed by atoms with Gasteiger partial charge in [-0.2, -0.15) is 0 Å². The van der Waals surface area contributed by atoms with Gasteiger partial charge in [0.2, 0.25) is 5.25 Å². The van der Waals surface area contributed by atoms with Crippen LogP contribution in [-0.4, -0.2) is 15.5 Å². The lowest BCUT2D eigenvalue weighted by molar-refractivity contribution is -0.0857. The lowest BCUT2D eigenvalue weighted by Crippen LogP contribution is -2.16. The highest BCUT2D eigenvalue weighted by molar-refractivity contribution is 6.21. The largest absolute Gasteiger partial charge is 0.353 e. The zero-order valence-electron chi connectivity index (χ0n) is 4.19. The summed E-state index contributed by atoms with van der Waals surface area (Å²) in [5.74, 6) is 0. The molecule has 4 heteroatoms. The van der Waals surface area contributed by atoms with Gasteiger partial charge in [-0.05, 0) is 0 Å². The normalized spacial score (nSPS) is 10.3. The highest BCUT2D eigenvalue weighted by Gasteiger charge is 2.12. The fraction of sp³-hybridized carbons (Fsp3) is 1.00. The van der Waals surface area contributed by atoms with Gasteiger partial charge in [-0.15, -0.1) is 0 Å². The van der Waals surface area contributed by atoms with Crippen LogP contribution in [-0.2, 0) is 0 Å². The average molecular weight is 128 g/mol. The predicted octanol–water partition coefficient (Wildman–Crippen LogP) is 0.436. The zero-order chi connectivity index (χ0) is 5.21.